The van der Waals surface area contributed by atoms with Crippen molar-refractivity contribution >= 4 is 46.1 Å². The van der Waals surface area contributed by atoms with Crippen LogP contribution in [0.5, 0.6) is 0 Å². The average Bonchev–Trinajstić information content (AvgIpc) is 1.66. The molecule has 3 aromatic carbocycles. The minimum Gasteiger partial charge on any atom is -0.371 e. The molecule has 1 saturated carbocycles. The molecule has 21 rings (SSSR count). The number of aromatic nitrogens is 5. The average molecular weight is 2030 g/mol. The van der Waals surface area contributed by atoms with Crippen LogP contribution in [0.25, 0.3) is 0 Å². The number of piperidine rings is 6. The number of hydrogen-bond acceptors (Lipinski definition) is 18. The van der Waals surface area contributed by atoms with E-state index in [2.05, 4.69) is 276 Å². The van der Waals surface area contributed by atoms with Crippen molar-refractivity contribution in [1.29, 1.82) is 0 Å². The Bertz CT molecular complexity index is 4660. The highest BCUT2D eigenvalue weighted by molar-refractivity contribution is 6.30. The van der Waals surface area contributed by atoms with Crippen LogP contribution in [0.15, 0.2) is 165 Å². The van der Waals surface area contributed by atoms with Gasteiger partial charge in [-0.3, -0.25) is 44.3 Å². The molecular formula is C123H189ClF4N18. The van der Waals surface area contributed by atoms with E-state index in [1.54, 1.807) is 24.3 Å². The van der Waals surface area contributed by atoms with Crippen LogP contribution in [0, 0.1) is 43.7 Å². The van der Waals surface area contributed by atoms with Crippen molar-refractivity contribution in [2.75, 3.05) is 200 Å². The summed E-state index contributed by atoms with van der Waals surface area (Å²) in [7, 11) is 0. The van der Waals surface area contributed by atoms with Gasteiger partial charge < -0.3 is 29.4 Å². The van der Waals surface area contributed by atoms with Crippen molar-refractivity contribution in [3.63, 3.8) is 0 Å². The first-order valence-electron chi connectivity index (χ1n) is 56.7. The lowest BCUT2D eigenvalue weighted by Gasteiger charge is -2.42. The molecular weight excluding hydrogens is 1840 g/mol. The first kappa shape index (κ1) is 113. The van der Waals surface area contributed by atoms with Crippen LogP contribution in [-0.2, 0) is 6.18 Å². The summed E-state index contributed by atoms with van der Waals surface area (Å²) in [5.41, 5.74) is 11.5. The smallest absolute Gasteiger partial charge is 0.371 e. The molecule has 14 aliphatic rings. The summed E-state index contributed by atoms with van der Waals surface area (Å²) in [4.78, 5) is 54.6. The van der Waals surface area contributed by atoms with Crippen LogP contribution in [-0.4, -0.2) is 268 Å². The van der Waals surface area contributed by atoms with Crippen LogP contribution in [0.3, 0.4) is 0 Å². The Labute approximate surface area is 885 Å². The number of likely N-dealkylation sites (tertiary alicyclic amines) is 7. The third kappa shape index (κ3) is 29.6. The molecule has 13 aliphatic heterocycles. The molecule has 23 heteroatoms. The van der Waals surface area contributed by atoms with Crippen molar-refractivity contribution in [2.45, 2.75) is 344 Å². The van der Waals surface area contributed by atoms with E-state index in [1.165, 1.54) is 269 Å². The van der Waals surface area contributed by atoms with Crippen molar-refractivity contribution in [3.05, 3.63) is 187 Å². The fourth-order valence-corrected chi connectivity index (χ4v) is 26.8. The maximum Gasteiger partial charge on any atom is 0.416 e. The summed E-state index contributed by atoms with van der Waals surface area (Å²) in [6, 6.07) is 37.6. The second kappa shape index (κ2) is 46.3. The number of pyridine rings is 3. The topological polar surface area (TPSA) is 107 Å². The lowest BCUT2D eigenvalue weighted by Crippen LogP contribution is -2.45. The second-order valence-corrected chi connectivity index (χ2v) is 54.8. The SMILES string of the molecule is CC(C)(C)N1CCC2(CCC(c3ccncc3)CC2)C1.CC(C)(C)N1CCC2(CCN(c3ccc(C(F)(F)F)cc3)CC2)C1.CC(C)(C)N1CCC2(CCN(c3ccc(Cl)cc3)CC2)C1.CC(C)(C)N1CCC2(CCN(c3ccc(F)cc3)CC2)C1.CC(C)(C)N1CCC2(CCN(c3ccccn3)CC2)C1.CC(C)(C)N1CCC2(CCN(c3cccnc3)CC2)C1.CC(C)(C)N1CCC2(CCN(c3ncccn3)CC2)C1. The van der Waals surface area contributed by atoms with Crippen LogP contribution in [0.4, 0.5) is 52.1 Å². The molecule has 17 heterocycles. The maximum atomic E-state index is 13.0. The molecule has 0 unspecified atom stereocenters. The number of halogens is 5. The van der Waals surface area contributed by atoms with E-state index in [0.29, 0.717) is 65.6 Å². The zero-order valence-corrected chi connectivity index (χ0v) is 95.0. The lowest BCUT2D eigenvalue weighted by atomic mass is 9.68. The predicted octanol–water partition coefficient (Wildman–Crippen LogP) is 26.3. The molecule has 1 aliphatic carbocycles. The molecule has 7 aromatic rings. The summed E-state index contributed by atoms with van der Waals surface area (Å²) in [6.45, 7) is 79.8. The van der Waals surface area contributed by atoms with Gasteiger partial charge >= 0.3 is 6.18 Å². The van der Waals surface area contributed by atoms with Gasteiger partial charge in [-0.1, -0.05) is 17.7 Å². The van der Waals surface area contributed by atoms with Gasteiger partial charge in [0.2, 0.25) is 5.95 Å². The Hall–Kier alpha value is -7.28. The molecule has 0 amide bonds. The summed E-state index contributed by atoms with van der Waals surface area (Å²) in [5, 5.41) is 0.823. The molecule has 0 bridgehead atoms. The number of alkyl halides is 3. The number of nitrogens with zero attached hydrogens (tertiary/aromatic N) is 18. The number of rotatable bonds is 7. The maximum absolute atomic E-state index is 13.0. The van der Waals surface area contributed by atoms with Crippen molar-refractivity contribution < 1.29 is 17.6 Å². The van der Waals surface area contributed by atoms with Gasteiger partial charge in [0.05, 0.1) is 17.4 Å². The van der Waals surface area contributed by atoms with Gasteiger partial charge in [0, 0.05) is 222 Å². The second-order valence-electron chi connectivity index (χ2n) is 54.3. The number of hydrogen-bond donors (Lipinski definition) is 0. The zero-order valence-electron chi connectivity index (χ0n) is 94.3. The molecule has 13 saturated heterocycles. The van der Waals surface area contributed by atoms with E-state index in [-0.39, 0.29) is 16.9 Å². The zero-order chi connectivity index (χ0) is 105. The molecule has 806 valence electrons. The quantitative estimate of drug-likeness (QED) is 0.141. The predicted molar refractivity (Wildman–Crippen MR) is 603 cm³/mol. The van der Waals surface area contributed by atoms with Gasteiger partial charge in [-0.15, -0.1) is 0 Å². The Morgan fingerprint density at radius 2 is 0.541 bits per heavy atom. The first-order chi connectivity index (χ1) is 68.8. The van der Waals surface area contributed by atoms with Gasteiger partial charge in [-0.2, -0.15) is 13.2 Å². The fourth-order valence-electron chi connectivity index (χ4n) is 26.7. The van der Waals surface area contributed by atoms with Gasteiger partial charge in [-0.25, -0.2) is 19.3 Å². The van der Waals surface area contributed by atoms with Gasteiger partial charge in [0.25, 0.3) is 0 Å². The molecule has 0 atom stereocenters. The standard InChI is InChI=1S/C19H27F3N2.C18H27ClN2.C18H27FN2.C18H28N2.2C17H27N3.C16H26N4/c1-17(2,3)24-13-10-18(14-24)8-11-23(12-9-18)16-6-4-15(5-7-16)19(20,21)22;2*1-17(2,3)21-13-10-18(14-21)8-11-20(12-9-18)16-6-4-15(19)5-7-16;1-17(2,3)20-13-10-18(14-20)8-4-15(5-9-18)16-6-11-19-12-7-16;1-16(2,3)20-12-8-17(14-20)6-10-19(11-7-17)15-5-4-9-18-13-15;1-16(2,3)20-13-9-17(14-20)7-11-19(12-8-17)15-6-4-5-10-18-15;1-15(2,3)20-12-7-16(13-20)5-10-19(11-6-16)14-17-8-4-9-18-14/h4-7H,8-14H2,1-3H3;2*4-7H,8-14H2,1-3H3;6-7,11-12,15H,4-5,8-10,13-14H2,1-3H3;4-5,9,13H,6-8,10-12,14H2,1-3H3;4-6,10H,7-9,11-14H2,1-3H3;4,8-9H,5-7,10-13H2,1-3H3. The Kier molecular flexibility index (Phi) is 35.8. The summed E-state index contributed by atoms with van der Waals surface area (Å²) in [5.74, 6) is 2.66. The van der Waals surface area contributed by atoms with Crippen molar-refractivity contribution in [3.8, 4) is 0 Å². The van der Waals surface area contributed by atoms with E-state index in [0.717, 1.165) is 112 Å². The summed E-state index contributed by atoms with van der Waals surface area (Å²) < 4.78 is 51.1. The fraction of sp³-hybridized carbons (Fsp3) is 0.699. The van der Waals surface area contributed by atoms with Crippen LogP contribution >= 0.6 is 11.6 Å². The van der Waals surface area contributed by atoms with E-state index >= 15 is 0 Å². The van der Waals surface area contributed by atoms with Gasteiger partial charge in [-0.05, 0) is 504 Å². The molecule has 18 nitrogen and oxygen atoms in total. The monoisotopic (exact) mass is 2030 g/mol. The van der Waals surface area contributed by atoms with Crippen LogP contribution in [0.2, 0.25) is 5.02 Å². The largest absolute Gasteiger partial charge is 0.416 e. The normalized spacial score (nSPS) is 24.3. The first-order valence-corrected chi connectivity index (χ1v) is 57.1. The van der Waals surface area contributed by atoms with E-state index in [9.17, 15) is 17.6 Å². The molecule has 14 fully saturated rings. The molecule has 0 N–H and O–H groups in total. The van der Waals surface area contributed by atoms with E-state index < -0.39 is 11.7 Å². The molecule has 146 heavy (non-hydrogen) atoms. The van der Waals surface area contributed by atoms with Crippen LogP contribution < -0.4 is 29.4 Å². The Morgan fingerprint density at radius 3 is 0.829 bits per heavy atom. The molecule has 0 radical (unpaired) electrons. The number of benzene rings is 3. The minimum atomic E-state index is -4.26. The van der Waals surface area contributed by atoms with Crippen LogP contribution in [0.1, 0.15) is 310 Å². The van der Waals surface area contributed by atoms with E-state index in [4.69, 9.17) is 11.6 Å². The Balaban J connectivity index is 0.000000128. The Morgan fingerprint density at radius 1 is 0.260 bits per heavy atom. The summed E-state index contributed by atoms with van der Waals surface area (Å²) >= 11 is 5.98. The lowest BCUT2D eigenvalue weighted by molar-refractivity contribution is -0.137. The molecule has 7 spiro atoms. The molecule has 4 aromatic heterocycles. The highest BCUT2D eigenvalue weighted by Gasteiger charge is 2.52. The third-order valence-corrected chi connectivity index (χ3v) is 37.9. The van der Waals surface area contributed by atoms with Crippen molar-refractivity contribution in [2.24, 2.45) is 37.9 Å². The highest BCUT2D eigenvalue weighted by atomic mass is 35.5. The summed E-state index contributed by atoms with van der Waals surface area (Å²) in [6.07, 6.45) is 39.3. The van der Waals surface area contributed by atoms with Gasteiger partial charge in [0.15, 0.2) is 0 Å². The van der Waals surface area contributed by atoms with Gasteiger partial charge in [0.1, 0.15) is 11.6 Å². The van der Waals surface area contributed by atoms with E-state index in [1.807, 2.05) is 85.8 Å². The third-order valence-electron chi connectivity index (χ3n) is 37.6. The number of anilines is 6. The highest BCUT2D eigenvalue weighted by Crippen LogP contribution is 2.53. The minimum absolute atomic E-state index is 0.149. The van der Waals surface area contributed by atoms with Crippen molar-refractivity contribution in [1.82, 2.24) is 59.2 Å².